The van der Waals surface area contributed by atoms with Gasteiger partial charge in [0, 0.05) is 17.8 Å². The molecule has 8 atom stereocenters. The van der Waals surface area contributed by atoms with Gasteiger partial charge in [-0.3, -0.25) is 46.1 Å². The number of aliphatic carboxylic acids is 1. The van der Waals surface area contributed by atoms with E-state index in [1.165, 1.54) is 0 Å². The van der Waals surface area contributed by atoms with E-state index in [0.717, 1.165) is 0 Å². The molecule has 0 aliphatic rings. The minimum atomic E-state index is -1.06. The van der Waals surface area contributed by atoms with Crippen molar-refractivity contribution in [1.29, 1.82) is 10.8 Å². The van der Waals surface area contributed by atoms with Gasteiger partial charge >= 0.3 is 73.2 Å². The number of oxime groups is 1. The van der Waals surface area contributed by atoms with E-state index in [2.05, 4.69) is 68.1 Å². The number of halogens is 1. The first-order valence-electron chi connectivity index (χ1n) is 40.0. The number of hydrogen-bond acceptors (Lipinski definition) is 24. The lowest BCUT2D eigenvalue weighted by Crippen LogP contribution is -2.49. The zero-order valence-electron chi connectivity index (χ0n) is 82.0. The van der Waals surface area contributed by atoms with Gasteiger partial charge in [-0.05, 0) is 196 Å². The third kappa shape index (κ3) is 91.0. The van der Waals surface area contributed by atoms with Gasteiger partial charge in [-0.1, -0.05) is 130 Å². The number of nitrogens with two attached hydrogens (primary N) is 5. The highest BCUT2D eigenvalue weighted by atomic mass is 35.5. The molecule has 0 fully saturated rings. The average molecular weight is 1790 g/mol. The number of amidine groups is 3. The van der Waals surface area contributed by atoms with Crippen LogP contribution in [0.1, 0.15) is 291 Å². The lowest BCUT2D eigenvalue weighted by atomic mass is 10.0. The number of carboxylic acids is 1. The van der Waals surface area contributed by atoms with Gasteiger partial charge < -0.3 is 103 Å². The first-order valence-corrected chi connectivity index (χ1v) is 40.0. The molecule has 0 aliphatic heterocycles. The van der Waals surface area contributed by atoms with E-state index in [4.69, 9.17) is 107 Å². The lowest BCUT2D eigenvalue weighted by molar-refractivity contribution is -0.140. The minimum absolute atomic E-state index is 0. The van der Waals surface area contributed by atoms with Crippen LogP contribution in [0.4, 0.5) is 38.4 Å². The first kappa shape index (κ1) is 136. The molecule has 0 saturated heterocycles. The maximum absolute atomic E-state index is 11.5. The molecule has 0 aromatic carbocycles. The van der Waals surface area contributed by atoms with Crippen molar-refractivity contribution in [3.05, 3.63) is 34.3 Å². The van der Waals surface area contributed by atoms with Gasteiger partial charge in [-0.15, -0.1) is 12.4 Å². The van der Waals surface area contributed by atoms with Crippen LogP contribution in [0.3, 0.4) is 0 Å². The predicted molar refractivity (Wildman–Crippen MR) is 482 cm³/mol. The van der Waals surface area contributed by atoms with E-state index in [1.807, 2.05) is 96.9 Å². The number of rotatable bonds is 21. The van der Waals surface area contributed by atoms with Crippen molar-refractivity contribution in [3.63, 3.8) is 0 Å². The molecule has 722 valence electrons. The topological polar surface area (TPSA) is 605 Å². The van der Waals surface area contributed by atoms with Crippen molar-refractivity contribution in [3.8, 4) is 0 Å². The highest BCUT2D eigenvalue weighted by Crippen LogP contribution is 2.17. The van der Waals surface area contributed by atoms with Crippen molar-refractivity contribution >= 4 is 90.5 Å². The molecule has 40 nitrogen and oxygen atoms in total. The predicted octanol–water partition coefficient (Wildman–Crippen LogP) is 14.9. The first-order chi connectivity index (χ1) is 54.5. The number of hydrogen-bond donors (Lipinski definition) is 18. The molecule has 8 unspecified atom stereocenters. The molecule has 0 radical (unpaired) electrons. The molecule has 0 spiro atoms. The van der Waals surface area contributed by atoms with E-state index in [0.29, 0.717) is 0 Å². The van der Waals surface area contributed by atoms with Gasteiger partial charge in [-0.2, -0.15) is 0 Å². The van der Waals surface area contributed by atoms with Crippen molar-refractivity contribution in [1.82, 2.24) is 42.5 Å². The Kier molecular flexibility index (Phi) is 72.7. The van der Waals surface area contributed by atoms with Crippen LogP contribution in [-0.2, 0) is 47.5 Å². The average Bonchev–Trinajstić information content (AvgIpc) is 0.911. The van der Waals surface area contributed by atoms with Crippen LogP contribution < -0.4 is 71.4 Å². The van der Waals surface area contributed by atoms with Crippen LogP contribution >= 0.6 is 12.4 Å². The summed E-state index contributed by atoms with van der Waals surface area (Å²) >= 11 is 0. The number of alkyl carbamates (subject to hydrolysis) is 8. The largest absolute Gasteiger partial charge is 0.480 e. The van der Waals surface area contributed by atoms with E-state index in [-0.39, 0.29) is 77.3 Å². The van der Waals surface area contributed by atoms with Crippen LogP contribution in [0.5, 0.6) is 0 Å². The molecule has 0 aliphatic carbocycles. The van der Waals surface area contributed by atoms with Crippen LogP contribution in [0, 0.1) is 77.9 Å². The molecule has 0 rings (SSSR count). The van der Waals surface area contributed by atoms with E-state index in [9.17, 15) is 47.9 Å². The molecular weight excluding hydrogens is 1620 g/mol. The number of carbonyl (C=O) groups excluding carboxylic acids is 9. The second-order valence-corrected chi connectivity index (χ2v) is 37.4. The van der Waals surface area contributed by atoms with Gasteiger partial charge in [0.2, 0.25) is 5.91 Å². The molecule has 0 heterocycles. The summed E-state index contributed by atoms with van der Waals surface area (Å²) in [6.07, 6.45) is -6.14. The minimum Gasteiger partial charge on any atom is -0.480 e. The number of nitrogens with zero attached hydrogens (tertiary/aromatic N) is 4. The Labute approximate surface area is 741 Å². The number of amides is 9. The molecule has 0 bridgehead atoms. The quantitative estimate of drug-likeness (QED) is 0.0127. The van der Waals surface area contributed by atoms with E-state index >= 15 is 0 Å². The third-order valence-electron chi connectivity index (χ3n) is 12.7. The molecular formula is C82H166ClN19O21. The van der Waals surface area contributed by atoms with E-state index in [1.54, 1.807) is 194 Å². The molecule has 41 heteroatoms. The zero-order chi connectivity index (χ0) is 99.9. The Balaban J connectivity index is -0.000000129. The van der Waals surface area contributed by atoms with Gasteiger partial charge in [0.15, 0.2) is 5.84 Å². The number of carbonyl (C=O) groups is 10. The fraction of sp³-hybridized carbons (Fsp3) is 0.805. The number of nitrogens with one attached hydrogen (secondary N) is 10. The number of ether oxygens (including phenoxy) is 8. The van der Waals surface area contributed by atoms with Crippen LogP contribution in [0.25, 0.3) is 14.5 Å². The summed E-state index contributed by atoms with van der Waals surface area (Å²) in [5.41, 5.74) is 16.9. The fourth-order valence-corrected chi connectivity index (χ4v) is 7.43. The summed E-state index contributed by atoms with van der Waals surface area (Å²) in [5.74, 6) is 1.86. The van der Waals surface area contributed by atoms with Crippen LogP contribution in [0.2, 0.25) is 0 Å². The molecule has 0 aromatic heterocycles. The smallest absolute Gasteiger partial charge is 0.413 e. The highest BCUT2D eigenvalue weighted by molar-refractivity contribution is 5.89. The molecule has 0 aromatic rings. The Bertz CT molecular complexity index is 2890. The summed E-state index contributed by atoms with van der Waals surface area (Å²) in [5, 5.41) is 61.3. The maximum Gasteiger partial charge on any atom is 0.413 e. The molecule has 9 amide bonds. The molecule has 123 heavy (non-hydrogen) atoms. The van der Waals surface area contributed by atoms with Crippen molar-refractivity contribution < 1.29 is 101 Å². The summed E-state index contributed by atoms with van der Waals surface area (Å²) in [6.45, 7) is 96.6. The van der Waals surface area contributed by atoms with Crippen LogP contribution in [0.15, 0.2) is 5.16 Å². The monoisotopic (exact) mass is 1790 g/mol. The van der Waals surface area contributed by atoms with Crippen molar-refractivity contribution in [2.24, 2.45) is 81.3 Å². The highest BCUT2D eigenvalue weighted by Gasteiger charge is 2.32. The summed E-state index contributed by atoms with van der Waals surface area (Å²) in [7, 11) is 0. The standard InChI is InChI=1S/C10H21N3O3.2C10H21N3O2.C10H20N2O3.3C10H18N2O2.C10H19NO4.C2H6.ClH.H3NO/c1-6(2)7(8(11)13-15)12-9(14)16-10(3,4)5;2*1-6(2)7(8(11)12)13-9(14)15-10(3,4)5;1-6(2)7(8(11)13)12-9(14)15-10(3,4)5;3*1-7(2)8(11-6)12-9(13)14-10(3,4)5;1-6(2)7(8(12)13)11-9(14)15-10(3,4)5;1-2;;1-2/h6-7,15H,1-5H3,(H2,11,13)(H,12,14);2*6-7H,1-5H3,(H3,11,12)(H,13,14);6-7H,1-5H3,(H2,11,13)(H,12,14);3*7-8H,1-5H3,(H,12,13);6-7H,1-5H3,(H,11,14)(H,12,13);1-2H3;1H;2H,1H2. The summed E-state index contributed by atoms with van der Waals surface area (Å²) < 4.78 is 40.2. The Hall–Kier alpha value is -10.0. The lowest BCUT2D eigenvalue weighted by Gasteiger charge is -2.24. The van der Waals surface area contributed by atoms with Gasteiger partial charge in [0.1, 0.15) is 68.6 Å². The normalized spacial score (nSPS) is 13.1. The molecule has 23 N–H and O–H groups in total. The van der Waals surface area contributed by atoms with Crippen molar-refractivity contribution in [2.45, 2.75) is 384 Å². The number of carboxylic acid groups (broad SMARTS) is 1. The molecule has 0 saturated carbocycles. The fourth-order valence-electron chi connectivity index (χ4n) is 7.43. The Morgan fingerprint density at radius 3 is 0.561 bits per heavy atom. The third-order valence-corrected chi connectivity index (χ3v) is 12.7. The SMILES string of the molecule is CC.CC(C)C(NC(=O)OC(C)(C)C)/C(N)=N\O.CC(C)C(NC(=O)OC(C)(C)C)C(=N)N.CC(C)C(NC(=O)OC(C)(C)C)C(=N)N.CC(C)C(NC(=O)OC(C)(C)C)C(=O)O.CC(C)C(NC(=O)OC(C)(C)C)C(N)=O.Cl.NO.[C-]#[N+]C(NC(=O)OC(C)(C)C)C(C)C.[C-]#[N+]C(NC(=O)OC(C)(C)C)C(C)C.[C-]#[N+]C(NC(=O)OC(C)(C)C)C(C)C. The summed E-state index contributed by atoms with van der Waals surface area (Å²) in [6, 6.07) is -3.10. The Morgan fingerprint density at radius 1 is 0.301 bits per heavy atom. The second-order valence-electron chi connectivity index (χ2n) is 37.4. The second kappa shape index (κ2) is 65.6. The van der Waals surface area contributed by atoms with Gasteiger partial charge in [-0.25, -0.2) is 68.8 Å². The number of primary amides is 1. The zero-order valence-corrected chi connectivity index (χ0v) is 82.8. The van der Waals surface area contributed by atoms with Gasteiger partial charge in [0.05, 0.1) is 18.1 Å². The maximum atomic E-state index is 11.5. The summed E-state index contributed by atoms with van der Waals surface area (Å²) in [4.78, 5) is 122. The Morgan fingerprint density at radius 2 is 0.447 bits per heavy atom. The van der Waals surface area contributed by atoms with Crippen LogP contribution in [-0.4, -0.2) is 187 Å². The van der Waals surface area contributed by atoms with Gasteiger partial charge in [0.25, 0.3) is 0 Å². The van der Waals surface area contributed by atoms with Crippen molar-refractivity contribution in [2.75, 3.05) is 0 Å². The van der Waals surface area contributed by atoms with E-state index < -0.39 is 154 Å².